The summed E-state index contributed by atoms with van der Waals surface area (Å²) in [4.78, 5) is 19.5. The molecule has 0 unspecified atom stereocenters. The van der Waals surface area contributed by atoms with Crippen LogP contribution in [-0.4, -0.2) is 24.5 Å². The van der Waals surface area contributed by atoms with Gasteiger partial charge in [0, 0.05) is 44.9 Å². The maximum absolute atomic E-state index is 6.66. The van der Waals surface area contributed by atoms with Gasteiger partial charge in [0.2, 0.25) is 0 Å². The normalized spacial score (nSPS) is 11.6. The molecule has 5 aromatic carbocycles. The third-order valence-electron chi connectivity index (χ3n) is 8.11. The zero-order valence-corrected chi connectivity index (χ0v) is 23.4. The first-order valence-electron chi connectivity index (χ1n) is 14.5. The highest BCUT2D eigenvalue weighted by atomic mass is 16.3. The van der Waals surface area contributed by atoms with Crippen LogP contribution in [0.4, 0.5) is 0 Å². The molecule has 9 rings (SSSR count). The average Bonchev–Trinajstić information content (AvgIpc) is 3.64. The van der Waals surface area contributed by atoms with Crippen molar-refractivity contribution in [3.63, 3.8) is 0 Å². The topological polar surface area (TPSA) is 69.6 Å². The minimum absolute atomic E-state index is 0.564. The number of aromatic nitrogens is 5. The number of nitrogens with zero attached hydrogens (tertiary/aromatic N) is 5. The van der Waals surface area contributed by atoms with E-state index in [0.717, 1.165) is 60.9 Å². The molecular weight excluding hydrogens is 542 g/mol. The van der Waals surface area contributed by atoms with Gasteiger partial charge < -0.3 is 4.42 Å². The van der Waals surface area contributed by atoms with Crippen molar-refractivity contribution in [2.75, 3.05) is 0 Å². The summed E-state index contributed by atoms with van der Waals surface area (Å²) in [7, 11) is 0. The van der Waals surface area contributed by atoms with Crippen molar-refractivity contribution in [3.8, 4) is 39.9 Å². The zero-order chi connectivity index (χ0) is 29.0. The van der Waals surface area contributed by atoms with E-state index in [1.165, 1.54) is 5.39 Å². The van der Waals surface area contributed by atoms with Crippen LogP contribution in [-0.2, 0) is 0 Å². The van der Waals surface area contributed by atoms with Gasteiger partial charge in [0.25, 0.3) is 0 Å². The molecule has 0 aliphatic carbocycles. The second kappa shape index (κ2) is 9.71. The highest BCUT2D eigenvalue weighted by molar-refractivity contribution is 6.11. The Morgan fingerprint density at radius 2 is 1.16 bits per heavy atom. The molecule has 4 heterocycles. The molecule has 0 aliphatic heterocycles. The van der Waals surface area contributed by atoms with Gasteiger partial charge in [-0.15, -0.1) is 0 Å². The van der Waals surface area contributed by atoms with Crippen molar-refractivity contribution in [1.82, 2.24) is 24.5 Å². The highest BCUT2D eigenvalue weighted by Crippen LogP contribution is 2.38. The van der Waals surface area contributed by atoms with E-state index in [2.05, 4.69) is 59.2 Å². The minimum atomic E-state index is 0.564. The number of para-hydroxylation sites is 2. The van der Waals surface area contributed by atoms with Crippen LogP contribution in [0, 0.1) is 0 Å². The van der Waals surface area contributed by atoms with E-state index in [1.54, 1.807) is 0 Å². The number of rotatable bonds is 4. The Labute approximate surface area is 251 Å². The fourth-order valence-electron chi connectivity index (χ4n) is 6.09. The first-order chi connectivity index (χ1) is 21.8. The molecule has 0 N–H and O–H groups in total. The molecule has 0 radical (unpaired) electrons. The van der Waals surface area contributed by atoms with Gasteiger partial charge >= 0.3 is 0 Å². The van der Waals surface area contributed by atoms with Crippen molar-refractivity contribution < 1.29 is 4.42 Å². The Hall–Kier alpha value is -6.14. The molecule has 0 bridgehead atoms. The van der Waals surface area contributed by atoms with Gasteiger partial charge in [0.15, 0.2) is 17.5 Å². The molecule has 6 nitrogen and oxygen atoms in total. The number of hydrogen-bond acceptors (Lipinski definition) is 5. The van der Waals surface area contributed by atoms with Gasteiger partial charge in [-0.2, -0.15) is 0 Å². The summed E-state index contributed by atoms with van der Waals surface area (Å²) >= 11 is 0. The van der Waals surface area contributed by atoms with Crippen LogP contribution < -0.4 is 0 Å². The molecule has 0 amide bonds. The van der Waals surface area contributed by atoms with Crippen LogP contribution >= 0.6 is 0 Å². The Morgan fingerprint density at radius 1 is 0.500 bits per heavy atom. The highest BCUT2D eigenvalue weighted by Gasteiger charge is 2.19. The molecular formula is C38H23N5O. The predicted molar refractivity (Wildman–Crippen MR) is 176 cm³/mol. The van der Waals surface area contributed by atoms with Crippen LogP contribution in [0.3, 0.4) is 0 Å². The monoisotopic (exact) mass is 565 g/mol. The number of hydrogen-bond donors (Lipinski definition) is 0. The molecule has 0 aliphatic rings. The molecule has 0 saturated carbocycles. The summed E-state index contributed by atoms with van der Waals surface area (Å²) in [5.74, 6) is 1.79. The lowest BCUT2D eigenvalue weighted by molar-refractivity contribution is 0.669. The zero-order valence-electron chi connectivity index (χ0n) is 23.4. The van der Waals surface area contributed by atoms with Crippen molar-refractivity contribution in [2.45, 2.75) is 0 Å². The van der Waals surface area contributed by atoms with Crippen molar-refractivity contribution >= 4 is 43.9 Å². The van der Waals surface area contributed by atoms with E-state index in [0.29, 0.717) is 17.5 Å². The standard InChI is InChI=1S/C38H23N5O/c1-3-11-24(12-4-1)35-40-36(25-13-5-2-6-14-25)42-37(41-35)31-17-9-16-29-28-21-20-26(23-33(28)44-34(29)31)43-32-19-8-7-15-27(32)30-18-10-22-39-38(30)43/h1-23H. The summed E-state index contributed by atoms with van der Waals surface area (Å²) in [6, 6.07) is 45.0. The largest absolute Gasteiger partial charge is 0.455 e. The first-order valence-corrected chi connectivity index (χ1v) is 14.5. The van der Waals surface area contributed by atoms with Gasteiger partial charge in [0.05, 0.1) is 16.8 Å². The Bertz CT molecular complexity index is 2390. The van der Waals surface area contributed by atoms with Gasteiger partial charge in [-0.25, -0.2) is 19.9 Å². The van der Waals surface area contributed by atoms with E-state index < -0.39 is 0 Å². The van der Waals surface area contributed by atoms with Crippen LogP contribution in [0.15, 0.2) is 144 Å². The fourth-order valence-corrected chi connectivity index (χ4v) is 6.09. The maximum Gasteiger partial charge on any atom is 0.167 e. The molecule has 4 aromatic heterocycles. The lowest BCUT2D eigenvalue weighted by Gasteiger charge is -2.08. The van der Waals surface area contributed by atoms with Crippen LogP contribution in [0.25, 0.3) is 83.7 Å². The summed E-state index contributed by atoms with van der Waals surface area (Å²) in [5, 5.41) is 4.32. The number of pyridine rings is 1. The van der Waals surface area contributed by atoms with Gasteiger partial charge in [-0.1, -0.05) is 91.0 Å². The smallest absolute Gasteiger partial charge is 0.167 e. The van der Waals surface area contributed by atoms with Crippen molar-refractivity contribution in [2.24, 2.45) is 0 Å². The summed E-state index contributed by atoms with van der Waals surface area (Å²) in [5.41, 5.74) is 7.19. The minimum Gasteiger partial charge on any atom is -0.455 e. The molecule has 0 atom stereocenters. The lowest BCUT2D eigenvalue weighted by atomic mass is 10.1. The third-order valence-corrected chi connectivity index (χ3v) is 8.11. The Kier molecular flexibility index (Phi) is 5.40. The predicted octanol–water partition coefficient (Wildman–Crippen LogP) is 9.26. The second-order valence-electron chi connectivity index (χ2n) is 10.7. The summed E-state index contributed by atoms with van der Waals surface area (Å²) in [6.45, 7) is 0. The molecule has 206 valence electrons. The molecule has 0 saturated heterocycles. The van der Waals surface area contributed by atoms with Crippen molar-refractivity contribution in [1.29, 1.82) is 0 Å². The summed E-state index contributed by atoms with van der Waals surface area (Å²) in [6.07, 6.45) is 1.84. The second-order valence-corrected chi connectivity index (χ2v) is 10.7. The maximum atomic E-state index is 6.66. The van der Waals surface area contributed by atoms with Crippen LogP contribution in [0.1, 0.15) is 0 Å². The lowest BCUT2D eigenvalue weighted by Crippen LogP contribution is -2.00. The van der Waals surface area contributed by atoms with Crippen LogP contribution in [0.5, 0.6) is 0 Å². The van der Waals surface area contributed by atoms with Gasteiger partial charge in [-0.05, 0) is 36.4 Å². The number of benzene rings is 5. The first kappa shape index (κ1) is 24.5. The molecule has 44 heavy (non-hydrogen) atoms. The van der Waals surface area contributed by atoms with Crippen LogP contribution in [0.2, 0.25) is 0 Å². The van der Waals surface area contributed by atoms with Gasteiger partial charge in [0.1, 0.15) is 16.8 Å². The quantitative estimate of drug-likeness (QED) is 0.213. The Balaban J connectivity index is 1.26. The van der Waals surface area contributed by atoms with E-state index in [4.69, 9.17) is 24.4 Å². The third kappa shape index (κ3) is 3.82. The number of fused-ring (bicyclic) bond motifs is 6. The Morgan fingerprint density at radius 3 is 1.93 bits per heavy atom. The number of furan rings is 1. The molecule has 6 heteroatoms. The van der Waals surface area contributed by atoms with E-state index in [-0.39, 0.29) is 0 Å². The van der Waals surface area contributed by atoms with E-state index in [1.807, 2.05) is 85.1 Å². The SMILES string of the molecule is c1ccc(-c2nc(-c3ccccc3)nc(-c3cccc4c3oc3cc(-n5c6ccccc6c6cccnc65)ccc34)n2)cc1. The molecule has 0 spiro atoms. The molecule has 0 fully saturated rings. The summed E-state index contributed by atoms with van der Waals surface area (Å²) < 4.78 is 8.85. The molecule has 9 aromatic rings. The van der Waals surface area contributed by atoms with Gasteiger partial charge in [-0.3, -0.25) is 4.57 Å². The average molecular weight is 566 g/mol. The van der Waals surface area contributed by atoms with E-state index >= 15 is 0 Å². The fraction of sp³-hybridized carbons (Fsp3) is 0. The van der Waals surface area contributed by atoms with E-state index in [9.17, 15) is 0 Å². The van der Waals surface area contributed by atoms with Crippen molar-refractivity contribution in [3.05, 3.63) is 140 Å².